The lowest BCUT2D eigenvalue weighted by Crippen LogP contribution is -2.24. The fourth-order valence-corrected chi connectivity index (χ4v) is 2.01. The summed E-state index contributed by atoms with van der Waals surface area (Å²) in [7, 11) is 0. The first-order chi connectivity index (χ1) is 8.74. The number of hydrogen-bond donors (Lipinski definition) is 1. The van der Waals surface area contributed by atoms with Crippen molar-refractivity contribution in [2.24, 2.45) is 0 Å². The molecule has 2 N–H and O–H groups in total. The van der Waals surface area contributed by atoms with Gasteiger partial charge in [0.2, 0.25) is 5.89 Å². The van der Waals surface area contributed by atoms with Crippen molar-refractivity contribution in [2.45, 2.75) is 33.2 Å². The topological polar surface area (TPSA) is 55.3 Å². The molecule has 1 aromatic heterocycles. The normalized spacial score (nSPS) is 11.5. The minimum atomic E-state index is 0.680. The molecule has 0 aliphatic heterocycles. The quantitative estimate of drug-likeness (QED) is 0.797. The van der Waals surface area contributed by atoms with Crippen LogP contribution in [0, 0.1) is 0 Å². The van der Waals surface area contributed by atoms with Gasteiger partial charge < -0.3 is 10.2 Å². The minimum absolute atomic E-state index is 0.680. The van der Waals surface area contributed by atoms with Crippen molar-refractivity contribution < 1.29 is 4.42 Å². The van der Waals surface area contributed by atoms with Gasteiger partial charge in [-0.3, -0.25) is 4.90 Å². The Labute approximate surface area is 108 Å². The van der Waals surface area contributed by atoms with E-state index in [2.05, 4.69) is 23.7 Å². The van der Waals surface area contributed by atoms with E-state index < -0.39 is 0 Å². The molecule has 0 spiro atoms. The molecule has 0 amide bonds. The van der Waals surface area contributed by atoms with E-state index in [4.69, 9.17) is 10.2 Å². The summed E-state index contributed by atoms with van der Waals surface area (Å²) in [5, 5.41) is 0. The van der Waals surface area contributed by atoms with Crippen LogP contribution in [0.4, 0.5) is 5.69 Å². The van der Waals surface area contributed by atoms with Gasteiger partial charge in [0.1, 0.15) is 5.52 Å². The summed E-state index contributed by atoms with van der Waals surface area (Å²) in [4.78, 5) is 6.81. The Morgan fingerprint density at radius 3 is 2.83 bits per heavy atom. The van der Waals surface area contributed by atoms with E-state index >= 15 is 0 Å². The van der Waals surface area contributed by atoms with E-state index in [9.17, 15) is 0 Å². The van der Waals surface area contributed by atoms with Gasteiger partial charge in [-0.2, -0.15) is 0 Å². The summed E-state index contributed by atoms with van der Waals surface area (Å²) in [5.41, 5.74) is 8.11. The first-order valence-electron chi connectivity index (χ1n) is 6.60. The van der Waals surface area contributed by atoms with Gasteiger partial charge in [0.25, 0.3) is 0 Å². The monoisotopic (exact) mass is 247 g/mol. The van der Waals surface area contributed by atoms with Crippen molar-refractivity contribution in [3.8, 4) is 0 Å². The van der Waals surface area contributed by atoms with Gasteiger partial charge >= 0.3 is 0 Å². The van der Waals surface area contributed by atoms with Crippen LogP contribution in [0.1, 0.15) is 32.6 Å². The van der Waals surface area contributed by atoms with Gasteiger partial charge in [-0.05, 0) is 31.6 Å². The third kappa shape index (κ3) is 2.82. The predicted octanol–water partition coefficient (Wildman–Crippen LogP) is 3.03. The van der Waals surface area contributed by atoms with Gasteiger partial charge in [0.05, 0.1) is 12.2 Å². The maximum Gasteiger partial charge on any atom is 0.209 e. The Hall–Kier alpha value is -1.55. The van der Waals surface area contributed by atoms with Crippen LogP contribution in [0.5, 0.6) is 0 Å². The smallest absolute Gasteiger partial charge is 0.209 e. The van der Waals surface area contributed by atoms with Gasteiger partial charge in [-0.1, -0.05) is 26.3 Å². The maximum atomic E-state index is 5.88. The first-order valence-corrected chi connectivity index (χ1v) is 6.60. The van der Waals surface area contributed by atoms with E-state index in [0.717, 1.165) is 36.6 Å². The van der Waals surface area contributed by atoms with E-state index in [0.29, 0.717) is 5.69 Å². The number of nitrogens with two attached hydrogens (primary N) is 1. The number of aromatic nitrogens is 1. The Kier molecular flexibility index (Phi) is 4.20. The second-order valence-corrected chi connectivity index (χ2v) is 4.52. The molecule has 4 nitrogen and oxygen atoms in total. The molecule has 0 fully saturated rings. The Balaban J connectivity index is 2.13. The molecule has 98 valence electrons. The van der Waals surface area contributed by atoms with Crippen LogP contribution < -0.4 is 5.73 Å². The van der Waals surface area contributed by atoms with Crippen LogP contribution in [-0.4, -0.2) is 23.0 Å². The second kappa shape index (κ2) is 5.87. The molecule has 0 atom stereocenters. The molecule has 2 aromatic rings. The molecular weight excluding hydrogens is 226 g/mol. The molecule has 0 bridgehead atoms. The van der Waals surface area contributed by atoms with E-state index in [1.165, 1.54) is 12.8 Å². The van der Waals surface area contributed by atoms with Crippen LogP contribution in [-0.2, 0) is 6.54 Å². The molecule has 0 saturated carbocycles. The number of anilines is 1. The lowest BCUT2D eigenvalue weighted by atomic mass is 10.3. The largest absolute Gasteiger partial charge is 0.439 e. The highest BCUT2D eigenvalue weighted by atomic mass is 16.3. The fourth-order valence-electron chi connectivity index (χ4n) is 2.01. The van der Waals surface area contributed by atoms with Crippen molar-refractivity contribution in [3.05, 3.63) is 24.1 Å². The van der Waals surface area contributed by atoms with Crippen LogP contribution in [0.2, 0.25) is 0 Å². The van der Waals surface area contributed by atoms with Gasteiger partial charge in [-0.25, -0.2) is 4.98 Å². The Morgan fingerprint density at radius 2 is 2.17 bits per heavy atom. The number of hydrogen-bond acceptors (Lipinski definition) is 4. The standard InChI is InChI=1S/C14H21N3O/c1-3-5-9-17(4-2)10-13-16-14-11(15)7-6-8-12(14)18-13/h6-8H,3-5,9-10,15H2,1-2H3. The lowest BCUT2D eigenvalue weighted by molar-refractivity contribution is 0.250. The van der Waals surface area contributed by atoms with Crippen LogP contribution >= 0.6 is 0 Å². The fraction of sp³-hybridized carbons (Fsp3) is 0.500. The Morgan fingerprint density at radius 1 is 1.33 bits per heavy atom. The number of nitrogen functional groups attached to an aromatic ring is 1. The maximum absolute atomic E-state index is 5.88. The van der Waals surface area contributed by atoms with Crippen molar-refractivity contribution in [2.75, 3.05) is 18.8 Å². The molecule has 4 heteroatoms. The summed E-state index contributed by atoms with van der Waals surface area (Å²) in [6, 6.07) is 5.65. The number of oxazole rings is 1. The molecular formula is C14H21N3O. The van der Waals surface area contributed by atoms with Gasteiger partial charge in [0, 0.05) is 0 Å². The molecule has 0 saturated heterocycles. The third-order valence-electron chi connectivity index (χ3n) is 3.13. The SMILES string of the molecule is CCCCN(CC)Cc1nc2c(N)cccc2o1. The molecule has 0 aliphatic carbocycles. The van der Waals surface area contributed by atoms with E-state index in [-0.39, 0.29) is 0 Å². The van der Waals surface area contributed by atoms with Crippen molar-refractivity contribution in [1.82, 2.24) is 9.88 Å². The van der Waals surface area contributed by atoms with E-state index in [1.54, 1.807) is 0 Å². The van der Waals surface area contributed by atoms with Crippen molar-refractivity contribution >= 4 is 16.8 Å². The predicted molar refractivity (Wildman–Crippen MR) is 74.3 cm³/mol. The zero-order valence-electron chi connectivity index (χ0n) is 11.1. The zero-order valence-corrected chi connectivity index (χ0v) is 11.1. The number of nitrogens with zero attached hydrogens (tertiary/aromatic N) is 2. The highest BCUT2D eigenvalue weighted by Gasteiger charge is 2.11. The highest BCUT2D eigenvalue weighted by molar-refractivity contribution is 5.85. The molecule has 2 rings (SSSR count). The number of rotatable bonds is 6. The molecule has 1 aromatic carbocycles. The molecule has 0 aliphatic rings. The summed E-state index contributed by atoms with van der Waals surface area (Å²) in [5.74, 6) is 0.751. The number of unbranched alkanes of at least 4 members (excludes halogenated alkanes) is 1. The van der Waals surface area contributed by atoms with Crippen molar-refractivity contribution in [1.29, 1.82) is 0 Å². The average Bonchev–Trinajstić information content (AvgIpc) is 2.78. The van der Waals surface area contributed by atoms with Crippen LogP contribution in [0.25, 0.3) is 11.1 Å². The average molecular weight is 247 g/mol. The van der Waals surface area contributed by atoms with E-state index in [1.807, 2.05) is 18.2 Å². The van der Waals surface area contributed by atoms with Gasteiger partial charge in [0.15, 0.2) is 5.58 Å². The van der Waals surface area contributed by atoms with Crippen LogP contribution in [0.3, 0.4) is 0 Å². The first kappa shape index (κ1) is 12.9. The van der Waals surface area contributed by atoms with Gasteiger partial charge in [-0.15, -0.1) is 0 Å². The number of benzene rings is 1. The lowest BCUT2D eigenvalue weighted by Gasteiger charge is -2.17. The highest BCUT2D eigenvalue weighted by Crippen LogP contribution is 2.21. The summed E-state index contributed by atoms with van der Waals surface area (Å²) >= 11 is 0. The number of para-hydroxylation sites is 1. The number of fused-ring (bicyclic) bond motifs is 1. The molecule has 0 radical (unpaired) electrons. The second-order valence-electron chi connectivity index (χ2n) is 4.52. The third-order valence-corrected chi connectivity index (χ3v) is 3.13. The minimum Gasteiger partial charge on any atom is -0.439 e. The molecule has 18 heavy (non-hydrogen) atoms. The summed E-state index contributed by atoms with van der Waals surface area (Å²) < 4.78 is 5.73. The van der Waals surface area contributed by atoms with Crippen molar-refractivity contribution in [3.63, 3.8) is 0 Å². The Bertz CT molecular complexity index is 507. The molecule has 1 heterocycles. The summed E-state index contributed by atoms with van der Waals surface area (Å²) in [6.45, 7) is 7.21. The van der Waals surface area contributed by atoms with Crippen LogP contribution in [0.15, 0.2) is 22.6 Å². The molecule has 0 unspecified atom stereocenters. The zero-order chi connectivity index (χ0) is 13.0. The summed E-state index contributed by atoms with van der Waals surface area (Å²) in [6.07, 6.45) is 2.41.